The van der Waals surface area contributed by atoms with Crippen molar-refractivity contribution in [2.45, 2.75) is 38.9 Å². The quantitative estimate of drug-likeness (QED) is 0.692. The smallest absolute Gasteiger partial charge is 0.162 e. The first-order valence-corrected chi connectivity index (χ1v) is 9.87. The maximum Gasteiger partial charge on any atom is 0.162 e. The summed E-state index contributed by atoms with van der Waals surface area (Å²) in [6, 6.07) is 7.64. The van der Waals surface area contributed by atoms with Crippen molar-refractivity contribution in [2.24, 2.45) is 4.99 Å². The van der Waals surface area contributed by atoms with Gasteiger partial charge in [-0.3, -0.25) is 0 Å². The number of hydrogen-bond acceptors (Lipinski definition) is 6. The van der Waals surface area contributed by atoms with Gasteiger partial charge in [0, 0.05) is 26.2 Å². The molecule has 1 aromatic heterocycles. The number of fused-ring (bicyclic) bond motifs is 1. The minimum Gasteiger partial charge on any atom is -0.508 e. The Hall–Kier alpha value is -2.96. The molecule has 0 saturated carbocycles. The number of aromatic hydroxyl groups is 1. The number of benzene rings is 1. The molecule has 2 aliphatic rings. The first-order chi connectivity index (χ1) is 13.5. The van der Waals surface area contributed by atoms with Gasteiger partial charge in [0.05, 0.1) is 12.0 Å². The lowest BCUT2D eigenvalue weighted by Gasteiger charge is -2.27. The Balaban J connectivity index is 1.60. The Labute approximate surface area is 165 Å². The summed E-state index contributed by atoms with van der Waals surface area (Å²) in [6.07, 6.45) is 5.94. The summed E-state index contributed by atoms with van der Waals surface area (Å²) in [5.41, 5.74) is 3.31. The van der Waals surface area contributed by atoms with Gasteiger partial charge in [0.2, 0.25) is 0 Å². The lowest BCUT2D eigenvalue weighted by molar-refractivity contribution is 0.405. The third-order valence-electron chi connectivity index (χ3n) is 5.28. The van der Waals surface area contributed by atoms with E-state index in [1.54, 1.807) is 12.1 Å². The van der Waals surface area contributed by atoms with Crippen LogP contribution in [0.1, 0.15) is 31.9 Å². The standard InChI is InChI=1S/C21H28N6O/c1-14(2)27-13-23-18-20(22-11-10-15-6-8-16(28)9-7-15)24-19(25-21(18)27)17-5-4-12-26(17)3/h5-9,13-14,19,22,24,28H,4,10-12H2,1-3H3. The highest BCUT2D eigenvalue weighted by atomic mass is 16.3. The summed E-state index contributed by atoms with van der Waals surface area (Å²) in [6.45, 7) is 6.09. The molecule has 7 nitrogen and oxygen atoms in total. The molecule has 4 rings (SSSR count). The van der Waals surface area contributed by atoms with Gasteiger partial charge in [0.25, 0.3) is 0 Å². The van der Waals surface area contributed by atoms with E-state index >= 15 is 0 Å². The van der Waals surface area contributed by atoms with Gasteiger partial charge in [-0.2, -0.15) is 0 Å². The molecule has 3 N–H and O–H groups in total. The number of likely N-dealkylation sites (N-methyl/N-ethyl adjacent to an activating group) is 1. The second kappa shape index (κ2) is 7.58. The molecule has 0 aliphatic carbocycles. The number of imidazole rings is 1. The lowest BCUT2D eigenvalue weighted by atomic mass is 10.1. The zero-order chi connectivity index (χ0) is 19.7. The maximum atomic E-state index is 9.44. The van der Waals surface area contributed by atoms with E-state index in [-0.39, 0.29) is 6.17 Å². The molecule has 0 bridgehead atoms. The van der Waals surface area contributed by atoms with Gasteiger partial charge in [-0.05, 0) is 44.4 Å². The predicted molar refractivity (Wildman–Crippen MR) is 109 cm³/mol. The Morgan fingerprint density at radius 2 is 2.07 bits per heavy atom. The summed E-state index contributed by atoms with van der Waals surface area (Å²) < 4.78 is 2.13. The summed E-state index contributed by atoms with van der Waals surface area (Å²) in [4.78, 5) is 11.9. The van der Waals surface area contributed by atoms with Crippen molar-refractivity contribution < 1.29 is 5.11 Å². The predicted octanol–water partition coefficient (Wildman–Crippen LogP) is 0.836. The fraction of sp³-hybridized carbons (Fsp3) is 0.429. The van der Waals surface area contributed by atoms with Crippen LogP contribution in [-0.2, 0) is 6.42 Å². The van der Waals surface area contributed by atoms with E-state index in [1.807, 2.05) is 18.5 Å². The van der Waals surface area contributed by atoms with E-state index in [9.17, 15) is 5.11 Å². The molecule has 3 heterocycles. The van der Waals surface area contributed by atoms with Gasteiger partial charge in [-0.25, -0.2) is 9.98 Å². The molecule has 0 radical (unpaired) electrons. The van der Waals surface area contributed by atoms with E-state index in [1.165, 1.54) is 11.3 Å². The summed E-state index contributed by atoms with van der Waals surface area (Å²) in [5.74, 6) is 1.22. The van der Waals surface area contributed by atoms with E-state index in [2.05, 4.69) is 52.1 Å². The van der Waals surface area contributed by atoms with Gasteiger partial charge in [0.1, 0.15) is 16.9 Å². The molecule has 2 aliphatic heterocycles. The van der Waals surface area contributed by atoms with E-state index in [0.717, 1.165) is 42.6 Å². The van der Waals surface area contributed by atoms with Gasteiger partial charge in [0.15, 0.2) is 11.7 Å². The van der Waals surface area contributed by atoms with Crippen molar-refractivity contribution >= 4 is 5.82 Å². The zero-order valence-corrected chi connectivity index (χ0v) is 16.7. The topological polar surface area (TPSA) is 77.7 Å². The minimum atomic E-state index is -0.106. The third kappa shape index (κ3) is 3.56. The van der Waals surface area contributed by atoms with Crippen LogP contribution in [0, 0.1) is 0 Å². The number of nitrogens with zero attached hydrogens (tertiary/aromatic N) is 4. The molecule has 2 aromatic rings. The van der Waals surface area contributed by atoms with Crippen LogP contribution in [0.5, 0.6) is 5.75 Å². The fourth-order valence-electron chi connectivity index (χ4n) is 3.68. The zero-order valence-electron chi connectivity index (χ0n) is 16.7. The van der Waals surface area contributed by atoms with Crippen LogP contribution in [0.25, 0.3) is 5.82 Å². The average molecular weight is 380 g/mol. The number of hydrogen-bond donors (Lipinski definition) is 3. The first kappa shape index (κ1) is 18.4. The minimum absolute atomic E-state index is 0.106. The number of phenols is 1. The summed E-state index contributed by atoms with van der Waals surface area (Å²) >= 11 is 0. The second-order valence-electron chi connectivity index (χ2n) is 7.65. The fourth-order valence-corrected chi connectivity index (χ4v) is 3.68. The van der Waals surface area contributed by atoms with Crippen LogP contribution < -0.4 is 21.5 Å². The number of aromatic nitrogens is 2. The Morgan fingerprint density at radius 3 is 2.75 bits per heavy atom. The van der Waals surface area contributed by atoms with Gasteiger partial charge < -0.3 is 25.2 Å². The molecular formula is C21H28N6O. The van der Waals surface area contributed by atoms with E-state index in [4.69, 9.17) is 4.99 Å². The van der Waals surface area contributed by atoms with Crippen molar-refractivity contribution in [3.8, 4) is 5.75 Å². The highest BCUT2D eigenvalue weighted by Gasteiger charge is 2.25. The maximum absolute atomic E-state index is 9.44. The molecule has 28 heavy (non-hydrogen) atoms. The van der Waals surface area contributed by atoms with Crippen molar-refractivity contribution in [1.29, 1.82) is 0 Å². The average Bonchev–Trinajstić information content (AvgIpc) is 3.29. The van der Waals surface area contributed by atoms with E-state index in [0.29, 0.717) is 11.8 Å². The molecule has 0 amide bonds. The Bertz CT molecular complexity index is 989. The molecule has 148 valence electrons. The molecule has 1 atom stereocenters. The Morgan fingerprint density at radius 1 is 1.29 bits per heavy atom. The third-order valence-corrected chi connectivity index (χ3v) is 5.28. The molecule has 0 fully saturated rings. The summed E-state index contributed by atoms with van der Waals surface area (Å²) in [5, 5.41) is 17.4. The van der Waals surface area contributed by atoms with E-state index < -0.39 is 0 Å². The number of phenolic OH excluding ortho intramolecular Hbond substituents is 1. The molecule has 1 aromatic carbocycles. The van der Waals surface area contributed by atoms with Crippen LogP contribution >= 0.6 is 0 Å². The number of nitrogens with one attached hydrogen (secondary N) is 2. The largest absolute Gasteiger partial charge is 0.508 e. The van der Waals surface area contributed by atoms with Crippen molar-refractivity contribution in [2.75, 3.05) is 20.1 Å². The van der Waals surface area contributed by atoms with Crippen molar-refractivity contribution in [3.05, 3.63) is 58.8 Å². The van der Waals surface area contributed by atoms with Crippen LogP contribution in [0.15, 0.2) is 47.4 Å². The summed E-state index contributed by atoms with van der Waals surface area (Å²) in [7, 11) is 2.11. The molecule has 1 unspecified atom stereocenters. The molecule has 0 spiro atoms. The monoisotopic (exact) mass is 380 g/mol. The molecule has 7 heteroatoms. The van der Waals surface area contributed by atoms with Crippen LogP contribution in [0.4, 0.5) is 0 Å². The number of rotatable bonds is 6. The highest BCUT2D eigenvalue weighted by molar-refractivity contribution is 5.41. The van der Waals surface area contributed by atoms with Crippen LogP contribution in [-0.4, -0.2) is 45.9 Å². The second-order valence-corrected chi connectivity index (χ2v) is 7.65. The van der Waals surface area contributed by atoms with Gasteiger partial charge in [-0.15, -0.1) is 0 Å². The normalized spacial score (nSPS) is 18.6. The molecular weight excluding hydrogens is 352 g/mol. The van der Waals surface area contributed by atoms with Crippen LogP contribution in [0.3, 0.4) is 0 Å². The highest BCUT2D eigenvalue weighted by Crippen LogP contribution is 2.18. The van der Waals surface area contributed by atoms with Crippen LogP contribution in [0.2, 0.25) is 0 Å². The SMILES string of the molecule is CC(C)n1cnc2c1=NC(C1=CCCN1C)NC=2NCCc1ccc(O)cc1. The van der Waals surface area contributed by atoms with Gasteiger partial charge >= 0.3 is 0 Å². The van der Waals surface area contributed by atoms with Gasteiger partial charge in [-0.1, -0.05) is 18.2 Å². The Kier molecular flexibility index (Phi) is 4.98. The molecule has 0 saturated heterocycles. The lowest BCUT2D eigenvalue weighted by Crippen LogP contribution is -2.51. The van der Waals surface area contributed by atoms with Crippen molar-refractivity contribution in [3.63, 3.8) is 0 Å². The first-order valence-electron chi connectivity index (χ1n) is 9.87. The van der Waals surface area contributed by atoms with Crippen molar-refractivity contribution in [1.82, 2.24) is 25.1 Å².